The highest BCUT2D eigenvalue weighted by Crippen LogP contribution is 2.76. The molecule has 2 bridgehead atoms. The molecule has 0 radical (unpaired) electrons. The van der Waals surface area contributed by atoms with Crippen LogP contribution in [0.15, 0.2) is 8.96 Å². The molecule has 0 N–H and O–H groups in total. The zero-order chi connectivity index (χ0) is 20.4. The van der Waals surface area contributed by atoms with E-state index in [0.717, 1.165) is 8.96 Å². The first-order valence-corrected chi connectivity index (χ1v) is 11.7. The van der Waals surface area contributed by atoms with Gasteiger partial charge in [0, 0.05) is 29.1 Å². The number of hydrogen-bond donors (Lipinski definition) is 0. The van der Waals surface area contributed by atoms with E-state index < -0.39 is 32.1 Å². The van der Waals surface area contributed by atoms with Crippen molar-refractivity contribution in [2.45, 2.75) is 47.1 Å². The Morgan fingerprint density at radius 3 is 2.15 bits per heavy atom. The van der Waals surface area contributed by atoms with Gasteiger partial charge >= 0.3 is 5.97 Å². The van der Waals surface area contributed by atoms with Crippen molar-refractivity contribution in [1.29, 1.82) is 0 Å². The molecule has 3 aliphatic rings. The van der Waals surface area contributed by atoms with E-state index in [-0.39, 0.29) is 18.7 Å². The van der Waals surface area contributed by atoms with E-state index in [1.807, 2.05) is 13.8 Å². The average molecular weight is 642 g/mol. The van der Waals surface area contributed by atoms with Crippen LogP contribution in [0.5, 0.6) is 0 Å². The van der Waals surface area contributed by atoms with Gasteiger partial charge in [0.15, 0.2) is 5.79 Å². The summed E-state index contributed by atoms with van der Waals surface area (Å²) in [6.45, 7) is 6.09. The van der Waals surface area contributed by atoms with Gasteiger partial charge in [0.1, 0.15) is 8.65 Å². The molecule has 2 unspecified atom stereocenters. The van der Waals surface area contributed by atoms with Crippen LogP contribution in [-0.4, -0.2) is 59.7 Å². The van der Waals surface area contributed by atoms with Crippen LogP contribution in [0.2, 0.25) is 0 Å². The molecule has 154 valence electrons. The molecule has 2 aliphatic carbocycles. The lowest BCUT2D eigenvalue weighted by Crippen LogP contribution is -2.57. The van der Waals surface area contributed by atoms with Crippen molar-refractivity contribution >= 4 is 69.7 Å². The van der Waals surface area contributed by atoms with E-state index in [1.54, 1.807) is 21.1 Å². The van der Waals surface area contributed by atoms with Crippen LogP contribution in [0.25, 0.3) is 0 Å². The first-order chi connectivity index (χ1) is 12.5. The Kier molecular flexibility index (Phi) is 6.11. The van der Waals surface area contributed by atoms with E-state index in [2.05, 4.69) is 63.7 Å². The van der Waals surface area contributed by atoms with Gasteiger partial charge in [-0.05, 0) is 20.8 Å². The van der Waals surface area contributed by atoms with Crippen LogP contribution in [0, 0.1) is 11.8 Å². The third-order valence-electron chi connectivity index (χ3n) is 5.58. The standard InChI is InChI=1S/C17H22Br4O6/c1-6-25-13(22)10-9(8-7-26-14(2,3)27-8)15(20)11(18)12(19)16(10,21)17(15,23-4)24-5/h8-10H,6-7H2,1-5H3/t8-,9-,10-,15?,16?/m0/s1. The Bertz CT molecular complexity index is 678. The number of alkyl halides is 2. The second-order valence-electron chi connectivity index (χ2n) is 7.20. The number of fused-ring (bicyclic) bond motifs is 2. The second kappa shape index (κ2) is 7.28. The summed E-state index contributed by atoms with van der Waals surface area (Å²) in [7, 11) is 3.11. The lowest BCUT2D eigenvalue weighted by Gasteiger charge is -2.42. The molecule has 5 atom stereocenters. The average Bonchev–Trinajstić information content (AvgIpc) is 3.09. The van der Waals surface area contributed by atoms with Crippen LogP contribution in [0.3, 0.4) is 0 Å². The number of ether oxygens (including phenoxy) is 5. The van der Waals surface area contributed by atoms with Crippen LogP contribution in [0.1, 0.15) is 20.8 Å². The monoisotopic (exact) mass is 638 g/mol. The summed E-state index contributed by atoms with van der Waals surface area (Å²) in [5.74, 6) is -3.40. The van der Waals surface area contributed by atoms with Crippen molar-refractivity contribution in [3.8, 4) is 0 Å². The maximum Gasteiger partial charge on any atom is 0.311 e. The third kappa shape index (κ3) is 2.70. The largest absolute Gasteiger partial charge is 0.466 e. The van der Waals surface area contributed by atoms with Crippen molar-refractivity contribution in [1.82, 2.24) is 0 Å². The molecule has 3 rings (SSSR count). The van der Waals surface area contributed by atoms with Gasteiger partial charge in [-0.3, -0.25) is 4.79 Å². The predicted molar refractivity (Wildman–Crippen MR) is 113 cm³/mol. The Morgan fingerprint density at radius 2 is 1.70 bits per heavy atom. The number of carbonyl (C=O) groups is 1. The SMILES string of the molecule is CCOC(=O)[C@@H]1[C@H]([C@@H]2COC(C)(C)O2)C2(Br)C(Br)=C(Br)C1(Br)C2(OC)OC. The minimum Gasteiger partial charge on any atom is -0.466 e. The molecule has 0 aromatic carbocycles. The van der Waals surface area contributed by atoms with Crippen molar-refractivity contribution < 1.29 is 28.5 Å². The predicted octanol–water partition coefficient (Wildman–Crippen LogP) is 4.22. The van der Waals surface area contributed by atoms with E-state index in [4.69, 9.17) is 23.7 Å². The first kappa shape index (κ1) is 22.7. The lowest BCUT2D eigenvalue weighted by molar-refractivity contribution is -0.217. The van der Waals surface area contributed by atoms with E-state index in [9.17, 15) is 4.79 Å². The van der Waals surface area contributed by atoms with Crippen molar-refractivity contribution in [2.75, 3.05) is 27.4 Å². The summed E-state index contributed by atoms with van der Waals surface area (Å²) < 4.78 is 28.9. The smallest absolute Gasteiger partial charge is 0.311 e. The van der Waals surface area contributed by atoms with Gasteiger partial charge in [-0.2, -0.15) is 0 Å². The van der Waals surface area contributed by atoms with Gasteiger partial charge in [-0.25, -0.2) is 0 Å². The summed E-state index contributed by atoms with van der Waals surface area (Å²) >= 11 is 15.0. The summed E-state index contributed by atoms with van der Waals surface area (Å²) in [6, 6.07) is 0. The highest BCUT2D eigenvalue weighted by molar-refractivity contribution is 9.16. The molecule has 0 spiro atoms. The molecule has 1 aliphatic heterocycles. The molecule has 2 fully saturated rings. The van der Waals surface area contributed by atoms with Gasteiger partial charge < -0.3 is 23.7 Å². The fraction of sp³-hybridized carbons (Fsp3) is 0.824. The molecule has 6 nitrogen and oxygen atoms in total. The zero-order valence-corrected chi connectivity index (χ0v) is 22.0. The van der Waals surface area contributed by atoms with Crippen LogP contribution >= 0.6 is 63.7 Å². The van der Waals surface area contributed by atoms with Gasteiger partial charge in [0.2, 0.25) is 5.79 Å². The normalized spacial score (nSPS) is 42.0. The molecular weight excluding hydrogens is 620 g/mol. The van der Waals surface area contributed by atoms with Gasteiger partial charge in [0.05, 0.1) is 25.2 Å². The Hall–Kier alpha value is 0.970. The summed E-state index contributed by atoms with van der Waals surface area (Å²) in [4.78, 5) is 13.1. The summed E-state index contributed by atoms with van der Waals surface area (Å²) in [6.07, 6.45) is -0.383. The van der Waals surface area contributed by atoms with Crippen molar-refractivity contribution in [2.24, 2.45) is 11.8 Å². The van der Waals surface area contributed by atoms with Gasteiger partial charge in [-0.1, -0.05) is 63.7 Å². The maximum absolute atomic E-state index is 13.1. The molecule has 0 aromatic rings. The minimum atomic E-state index is -1.24. The van der Waals surface area contributed by atoms with Crippen molar-refractivity contribution in [3.05, 3.63) is 8.96 Å². The van der Waals surface area contributed by atoms with Gasteiger partial charge in [-0.15, -0.1) is 0 Å². The van der Waals surface area contributed by atoms with Crippen LogP contribution in [0.4, 0.5) is 0 Å². The van der Waals surface area contributed by atoms with Crippen LogP contribution < -0.4 is 0 Å². The van der Waals surface area contributed by atoms with Crippen LogP contribution in [-0.2, 0) is 28.5 Å². The fourth-order valence-corrected chi connectivity index (χ4v) is 9.80. The lowest BCUT2D eigenvalue weighted by atomic mass is 9.79. The molecule has 0 aromatic heterocycles. The first-order valence-electron chi connectivity index (χ1n) is 8.51. The molecule has 0 amide bonds. The number of carbonyl (C=O) groups excluding carboxylic acids is 1. The Morgan fingerprint density at radius 1 is 1.15 bits per heavy atom. The number of esters is 1. The molecule has 10 heteroatoms. The Labute approximate surface area is 192 Å². The molecule has 1 heterocycles. The van der Waals surface area contributed by atoms with E-state index >= 15 is 0 Å². The molecule has 1 saturated carbocycles. The number of halogens is 4. The topological polar surface area (TPSA) is 63.2 Å². The highest BCUT2D eigenvalue weighted by atomic mass is 79.9. The highest BCUT2D eigenvalue weighted by Gasteiger charge is 2.86. The quantitative estimate of drug-likeness (QED) is 0.255. The maximum atomic E-state index is 13.1. The number of rotatable bonds is 5. The van der Waals surface area contributed by atoms with E-state index in [1.165, 1.54) is 0 Å². The zero-order valence-electron chi connectivity index (χ0n) is 15.6. The van der Waals surface area contributed by atoms with E-state index in [0.29, 0.717) is 6.61 Å². The summed E-state index contributed by atoms with van der Waals surface area (Å²) in [5.41, 5.74) is 0. The Balaban J connectivity index is 2.23. The number of methoxy groups -OCH3 is 2. The van der Waals surface area contributed by atoms with Crippen molar-refractivity contribution in [3.63, 3.8) is 0 Å². The third-order valence-corrected chi connectivity index (χ3v) is 12.1. The second-order valence-corrected chi connectivity index (χ2v) is 11.3. The molecule has 1 saturated heterocycles. The fourth-order valence-electron chi connectivity index (χ4n) is 4.64. The molecule has 27 heavy (non-hydrogen) atoms. The molecular formula is C17H22Br4O6. The minimum absolute atomic E-state index is 0.267. The van der Waals surface area contributed by atoms with Gasteiger partial charge in [0.25, 0.3) is 0 Å². The summed E-state index contributed by atoms with van der Waals surface area (Å²) in [5, 5.41) is 0. The number of hydrogen-bond acceptors (Lipinski definition) is 6.